The third kappa shape index (κ3) is 6.49. The second kappa shape index (κ2) is 9.82. The van der Waals surface area contributed by atoms with Crippen molar-refractivity contribution in [2.24, 2.45) is 5.92 Å². The molecule has 0 aliphatic heterocycles. The molecule has 0 saturated carbocycles. The Morgan fingerprint density at radius 3 is 2.29 bits per heavy atom. The van der Waals surface area contributed by atoms with E-state index in [1.807, 2.05) is 6.07 Å². The monoisotopic (exact) mass is 354 g/mol. The SMILES string of the molecule is CC(C)C(NC(=O)C(CS)NC(=O)COc1ccccc1)C(=O)O. The van der Waals surface area contributed by atoms with Crippen molar-refractivity contribution in [1.29, 1.82) is 0 Å². The first-order valence-electron chi connectivity index (χ1n) is 7.46. The first-order chi connectivity index (χ1) is 11.3. The lowest BCUT2D eigenvalue weighted by Crippen LogP contribution is -2.54. The van der Waals surface area contributed by atoms with Gasteiger partial charge in [0.25, 0.3) is 5.91 Å². The zero-order chi connectivity index (χ0) is 18.1. The summed E-state index contributed by atoms with van der Waals surface area (Å²) in [6.45, 7) is 3.11. The van der Waals surface area contributed by atoms with Crippen molar-refractivity contribution in [3.8, 4) is 5.75 Å². The van der Waals surface area contributed by atoms with E-state index < -0.39 is 29.9 Å². The zero-order valence-electron chi connectivity index (χ0n) is 13.6. The minimum absolute atomic E-state index is 0.0351. The Labute approximate surface area is 146 Å². The van der Waals surface area contributed by atoms with Gasteiger partial charge in [0.2, 0.25) is 5.91 Å². The van der Waals surface area contributed by atoms with E-state index in [1.165, 1.54) is 0 Å². The Hall–Kier alpha value is -2.22. The number of nitrogens with one attached hydrogen (secondary N) is 2. The third-order valence-electron chi connectivity index (χ3n) is 3.18. The molecule has 0 fully saturated rings. The minimum atomic E-state index is -1.13. The molecule has 1 aromatic rings. The van der Waals surface area contributed by atoms with Gasteiger partial charge in [-0.25, -0.2) is 4.79 Å². The minimum Gasteiger partial charge on any atom is -0.484 e. The first kappa shape index (κ1) is 19.8. The molecular weight excluding hydrogens is 332 g/mol. The number of carboxylic acid groups (broad SMARTS) is 1. The number of aliphatic carboxylic acids is 1. The van der Waals surface area contributed by atoms with Gasteiger partial charge in [-0.3, -0.25) is 9.59 Å². The largest absolute Gasteiger partial charge is 0.484 e. The van der Waals surface area contributed by atoms with Gasteiger partial charge in [-0.15, -0.1) is 0 Å². The second-order valence-corrected chi connectivity index (χ2v) is 5.84. The topological polar surface area (TPSA) is 105 Å². The summed E-state index contributed by atoms with van der Waals surface area (Å²) in [5.41, 5.74) is 0. The fraction of sp³-hybridized carbons (Fsp3) is 0.438. The van der Waals surface area contributed by atoms with Crippen molar-refractivity contribution in [2.75, 3.05) is 12.4 Å². The summed E-state index contributed by atoms with van der Waals surface area (Å²) in [4.78, 5) is 35.1. The molecule has 7 nitrogen and oxygen atoms in total. The number of carboxylic acids is 1. The molecule has 0 heterocycles. The van der Waals surface area contributed by atoms with Gasteiger partial charge in [-0.2, -0.15) is 12.6 Å². The van der Waals surface area contributed by atoms with Gasteiger partial charge in [-0.1, -0.05) is 32.0 Å². The van der Waals surface area contributed by atoms with E-state index in [0.717, 1.165) is 0 Å². The molecule has 0 aliphatic rings. The van der Waals surface area contributed by atoms with Crippen LogP contribution < -0.4 is 15.4 Å². The average molecular weight is 354 g/mol. The van der Waals surface area contributed by atoms with Crippen molar-refractivity contribution in [2.45, 2.75) is 25.9 Å². The smallest absolute Gasteiger partial charge is 0.326 e. The predicted molar refractivity (Wildman–Crippen MR) is 92.1 cm³/mol. The summed E-state index contributed by atoms with van der Waals surface area (Å²) in [7, 11) is 0. The number of hydrogen-bond donors (Lipinski definition) is 4. The van der Waals surface area contributed by atoms with Crippen LogP contribution in [0.25, 0.3) is 0 Å². The van der Waals surface area contributed by atoms with E-state index in [1.54, 1.807) is 38.1 Å². The quantitative estimate of drug-likeness (QED) is 0.489. The van der Waals surface area contributed by atoms with Crippen LogP contribution in [0.15, 0.2) is 30.3 Å². The van der Waals surface area contributed by atoms with Gasteiger partial charge in [0.1, 0.15) is 17.8 Å². The molecule has 2 amide bonds. The molecular formula is C16H22N2O5S. The Morgan fingerprint density at radius 1 is 1.17 bits per heavy atom. The van der Waals surface area contributed by atoms with Crippen molar-refractivity contribution < 1.29 is 24.2 Å². The van der Waals surface area contributed by atoms with Crippen molar-refractivity contribution >= 4 is 30.4 Å². The molecule has 24 heavy (non-hydrogen) atoms. The number of ether oxygens (including phenoxy) is 1. The number of carbonyl (C=O) groups is 3. The lowest BCUT2D eigenvalue weighted by molar-refractivity contribution is -0.143. The van der Waals surface area contributed by atoms with Crippen molar-refractivity contribution in [3.63, 3.8) is 0 Å². The van der Waals surface area contributed by atoms with E-state index in [2.05, 4.69) is 23.3 Å². The number of benzene rings is 1. The lowest BCUT2D eigenvalue weighted by atomic mass is 10.0. The normalized spacial score (nSPS) is 13.0. The summed E-state index contributed by atoms with van der Waals surface area (Å²) < 4.78 is 5.29. The van der Waals surface area contributed by atoms with Crippen LogP contribution in [0.1, 0.15) is 13.8 Å². The van der Waals surface area contributed by atoms with E-state index in [0.29, 0.717) is 5.75 Å². The highest BCUT2D eigenvalue weighted by Crippen LogP contribution is 2.07. The number of carbonyl (C=O) groups excluding carboxylic acids is 2. The summed E-state index contributed by atoms with van der Waals surface area (Å²) in [6, 6.07) is 6.80. The molecule has 0 saturated heterocycles. The standard InChI is InChI=1S/C16H22N2O5S/c1-10(2)14(16(21)22)18-15(20)12(9-24)17-13(19)8-23-11-6-4-3-5-7-11/h3-7,10,12,14,24H,8-9H2,1-2H3,(H,17,19)(H,18,20)(H,21,22). The Bertz CT molecular complexity index is 565. The molecule has 3 N–H and O–H groups in total. The van der Waals surface area contributed by atoms with Crippen LogP contribution >= 0.6 is 12.6 Å². The van der Waals surface area contributed by atoms with Crippen LogP contribution in [-0.2, 0) is 14.4 Å². The molecule has 1 rings (SSSR count). The Morgan fingerprint density at radius 2 is 1.79 bits per heavy atom. The van der Waals surface area contributed by atoms with Gasteiger partial charge in [0.05, 0.1) is 0 Å². The van der Waals surface area contributed by atoms with E-state index >= 15 is 0 Å². The fourth-order valence-electron chi connectivity index (χ4n) is 1.86. The summed E-state index contributed by atoms with van der Waals surface area (Å²) in [5.74, 6) is -1.94. The van der Waals surface area contributed by atoms with Crippen LogP contribution in [0.3, 0.4) is 0 Å². The average Bonchev–Trinajstić information content (AvgIpc) is 2.55. The summed E-state index contributed by atoms with van der Waals surface area (Å²) in [5, 5.41) is 14.0. The fourth-order valence-corrected chi connectivity index (χ4v) is 2.12. The van der Waals surface area contributed by atoms with E-state index in [9.17, 15) is 14.4 Å². The Kier molecular flexibility index (Phi) is 8.11. The van der Waals surface area contributed by atoms with Gasteiger partial charge in [0, 0.05) is 5.75 Å². The van der Waals surface area contributed by atoms with Crippen LogP contribution in [0.5, 0.6) is 5.75 Å². The molecule has 0 radical (unpaired) electrons. The lowest BCUT2D eigenvalue weighted by Gasteiger charge is -2.22. The molecule has 1 aromatic carbocycles. The number of para-hydroxylation sites is 1. The van der Waals surface area contributed by atoms with Gasteiger partial charge in [-0.05, 0) is 18.1 Å². The summed E-state index contributed by atoms with van der Waals surface area (Å²) in [6.07, 6.45) is 0. The number of hydrogen-bond acceptors (Lipinski definition) is 5. The van der Waals surface area contributed by atoms with E-state index in [-0.39, 0.29) is 18.3 Å². The molecule has 0 bridgehead atoms. The molecule has 0 spiro atoms. The third-order valence-corrected chi connectivity index (χ3v) is 3.54. The molecule has 8 heteroatoms. The zero-order valence-corrected chi connectivity index (χ0v) is 14.5. The van der Waals surface area contributed by atoms with Crippen molar-refractivity contribution in [1.82, 2.24) is 10.6 Å². The van der Waals surface area contributed by atoms with Gasteiger partial charge < -0.3 is 20.5 Å². The van der Waals surface area contributed by atoms with Crippen LogP contribution in [0.2, 0.25) is 0 Å². The Balaban J connectivity index is 2.54. The highest BCUT2D eigenvalue weighted by molar-refractivity contribution is 7.80. The number of thiol groups is 1. The van der Waals surface area contributed by atoms with Crippen molar-refractivity contribution in [3.05, 3.63) is 30.3 Å². The maximum absolute atomic E-state index is 12.1. The molecule has 2 atom stereocenters. The number of rotatable bonds is 9. The second-order valence-electron chi connectivity index (χ2n) is 5.47. The predicted octanol–water partition coefficient (Wildman–Crippen LogP) is 0.705. The molecule has 2 unspecified atom stereocenters. The highest BCUT2D eigenvalue weighted by Gasteiger charge is 2.27. The molecule has 132 valence electrons. The maximum Gasteiger partial charge on any atom is 0.326 e. The van der Waals surface area contributed by atoms with Crippen LogP contribution in [0.4, 0.5) is 0 Å². The highest BCUT2D eigenvalue weighted by atomic mass is 32.1. The summed E-state index contributed by atoms with van der Waals surface area (Å²) >= 11 is 4.03. The number of amides is 2. The van der Waals surface area contributed by atoms with Crippen LogP contribution in [0, 0.1) is 5.92 Å². The van der Waals surface area contributed by atoms with Gasteiger partial charge >= 0.3 is 5.97 Å². The first-order valence-corrected chi connectivity index (χ1v) is 8.09. The molecule has 0 aromatic heterocycles. The maximum atomic E-state index is 12.1. The molecule has 0 aliphatic carbocycles. The van der Waals surface area contributed by atoms with Gasteiger partial charge in [0.15, 0.2) is 6.61 Å². The van der Waals surface area contributed by atoms with Crippen LogP contribution in [-0.4, -0.2) is 47.3 Å². The van der Waals surface area contributed by atoms with E-state index in [4.69, 9.17) is 9.84 Å².